The van der Waals surface area contributed by atoms with E-state index in [1.165, 1.54) is 12.3 Å². The fraction of sp³-hybridized carbons (Fsp3) is 0.385. The number of anilines is 1. The molecule has 0 spiro atoms. The van der Waals surface area contributed by atoms with Crippen LogP contribution in [0.15, 0.2) is 35.2 Å². The first-order chi connectivity index (χ1) is 9.91. The molecule has 0 aliphatic carbocycles. The zero-order valence-corrected chi connectivity index (χ0v) is 12.5. The fourth-order valence-corrected chi connectivity index (χ4v) is 2.67. The maximum atomic E-state index is 12.4. The summed E-state index contributed by atoms with van der Waals surface area (Å²) in [5.74, 6) is 0.444. The van der Waals surface area contributed by atoms with E-state index in [2.05, 4.69) is 26.0 Å². The fourth-order valence-electron chi connectivity index (χ4n) is 2.34. The summed E-state index contributed by atoms with van der Waals surface area (Å²) < 4.78 is 40.1. The molecule has 2 aromatic heterocycles. The van der Waals surface area contributed by atoms with Gasteiger partial charge in [0, 0.05) is 31.7 Å². The number of hydrogen-bond acceptors (Lipinski definition) is 3. The van der Waals surface area contributed by atoms with Gasteiger partial charge in [-0.1, -0.05) is 0 Å². The van der Waals surface area contributed by atoms with Crippen LogP contribution in [-0.2, 0) is 12.7 Å². The van der Waals surface area contributed by atoms with Gasteiger partial charge >= 0.3 is 6.18 Å². The van der Waals surface area contributed by atoms with E-state index in [4.69, 9.17) is 0 Å². The van der Waals surface area contributed by atoms with Crippen LogP contribution in [0.4, 0.5) is 18.9 Å². The predicted molar refractivity (Wildman–Crippen MR) is 74.9 cm³/mol. The normalized spacial score (nSPS) is 16.1. The molecule has 8 heteroatoms. The largest absolute Gasteiger partial charge is 0.433 e. The van der Waals surface area contributed by atoms with Crippen molar-refractivity contribution in [2.24, 2.45) is 5.92 Å². The van der Waals surface area contributed by atoms with Crippen LogP contribution in [-0.4, -0.2) is 27.9 Å². The Morgan fingerprint density at radius 1 is 1.24 bits per heavy atom. The van der Waals surface area contributed by atoms with Gasteiger partial charge in [-0.25, -0.2) is 4.98 Å². The third kappa shape index (κ3) is 3.20. The van der Waals surface area contributed by atoms with Crippen molar-refractivity contribution in [3.8, 4) is 0 Å². The minimum Gasteiger partial charge on any atom is -0.369 e. The first-order valence-electron chi connectivity index (χ1n) is 6.38. The molecule has 0 aromatic carbocycles. The van der Waals surface area contributed by atoms with Gasteiger partial charge in [0.15, 0.2) is 0 Å². The lowest BCUT2D eigenvalue weighted by molar-refractivity contribution is -0.141. The maximum absolute atomic E-state index is 12.4. The lowest BCUT2D eigenvalue weighted by Gasteiger charge is -2.40. The lowest BCUT2D eigenvalue weighted by Crippen LogP contribution is -2.48. The minimum atomic E-state index is -4.39. The molecule has 4 nitrogen and oxygen atoms in total. The van der Waals surface area contributed by atoms with Gasteiger partial charge in [0.1, 0.15) is 5.69 Å². The molecule has 0 radical (unpaired) electrons. The molecule has 0 unspecified atom stereocenters. The Hall–Kier alpha value is -1.57. The Kier molecular flexibility index (Phi) is 3.64. The molecule has 0 amide bonds. The number of alkyl halides is 3. The van der Waals surface area contributed by atoms with E-state index >= 15 is 0 Å². The highest BCUT2D eigenvalue weighted by atomic mass is 79.9. The Labute approximate surface area is 127 Å². The maximum Gasteiger partial charge on any atom is 0.433 e. The standard InChI is InChI=1S/C13H12BrF3N4/c14-10-3-19-21(8-10)7-9-5-20(6-9)11-1-2-12(18-4-11)13(15,16)17/h1-4,8-9H,5-7H2. The van der Waals surface area contributed by atoms with Crippen molar-refractivity contribution >= 4 is 21.6 Å². The molecule has 112 valence electrons. The van der Waals surface area contributed by atoms with E-state index in [0.717, 1.165) is 35.9 Å². The summed E-state index contributed by atoms with van der Waals surface area (Å²) in [6.45, 7) is 2.39. The second-order valence-electron chi connectivity index (χ2n) is 5.05. The van der Waals surface area contributed by atoms with Crippen molar-refractivity contribution < 1.29 is 13.2 Å². The SMILES string of the molecule is FC(F)(F)c1ccc(N2CC(Cn3cc(Br)cn3)C2)cn1. The van der Waals surface area contributed by atoms with Crippen LogP contribution < -0.4 is 4.90 Å². The van der Waals surface area contributed by atoms with Gasteiger partial charge in [0.05, 0.1) is 22.6 Å². The first-order valence-corrected chi connectivity index (χ1v) is 7.17. The van der Waals surface area contributed by atoms with Crippen LogP contribution in [0.1, 0.15) is 5.69 Å². The van der Waals surface area contributed by atoms with Crippen molar-refractivity contribution in [3.05, 3.63) is 40.9 Å². The molecule has 0 saturated carbocycles. The van der Waals surface area contributed by atoms with Crippen molar-refractivity contribution in [1.82, 2.24) is 14.8 Å². The first kappa shape index (κ1) is 14.4. The zero-order valence-electron chi connectivity index (χ0n) is 10.9. The summed E-state index contributed by atoms with van der Waals surface area (Å²) in [5, 5.41) is 4.19. The quantitative estimate of drug-likeness (QED) is 0.842. The van der Waals surface area contributed by atoms with Crippen molar-refractivity contribution in [1.29, 1.82) is 0 Å². The zero-order chi connectivity index (χ0) is 15.0. The van der Waals surface area contributed by atoms with E-state index in [0.29, 0.717) is 5.92 Å². The van der Waals surface area contributed by atoms with Crippen LogP contribution in [0.2, 0.25) is 0 Å². The molecular weight excluding hydrogens is 349 g/mol. The highest BCUT2D eigenvalue weighted by Crippen LogP contribution is 2.30. The minimum absolute atomic E-state index is 0.444. The topological polar surface area (TPSA) is 34.0 Å². The van der Waals surface area contributed by atoms with E-state index in [9.17, 15) is 13.2 Å². The Morgan fingerprint density at radius 2 is 2.00 bits per heavy atom. The van der Waals surface area contributed by atoms with Crippen molar-refractivity contribution in [2.45, 2.75) is 12.7 Å². The summed E-state index contributed by atoms with van der Waals surface area (Å²) in [6, 6.07) is 2.49. The number of rotatable bonds is 3. The van der Waals surface area contributed by atoms with Crippen LogP contribution in [0.25, 0.3) is 0 Å². The van der Waals surface area contributed by atoms with Gasteiger partial charge in [-0.05, 0) is 28.1 Å². The summed E-state index contributed by atoms with van der Waals surface area (Å²) in [4.78, 5) is 5.49. The van der Waals surface area contributed by atoms with Gasteiger partial charge in [-0.3, -0.25) is 4.68 Å². The molecule has 1 aliphatic rings. The molecule has 0 atom stereocenters. The summed E-state index contributed by atoms with van der Waals surface area (Å²) in [5.41, 5.74) is -0.134. The van der Waals surface area contributed by atoms with Crippen LogP contribution in [0, 0.1) is 5.92 Å². The summed E-state index contributed by atoms with van der Waals surface area (Å²) >= 11 is 3.34. The Morgan fingerprint density at radius 3 is 2.52 bits per heavy atom. The van der Waals surface area contributed by atoms with Gasteiger partial charge in [0.25, 0.3) is 0 Å². The Balaban J connectivity index is 1.56. The van der Waals surface area contributed by atoms with Gasteiger partial charge in [-0.2, -0.15) is 18.3 Å². The number of pyridine rings is 1. The molecular formula is C13H12BrF3N4. The Bertz CT molecular complexity index is 617. The average molecular weight is 361 g/mol. The third-order valence-electron chi connectivity index (χ3n) is 3.41. The highest BCUT2D eigenvalue weighted by Gasteiger charge is 2.33. The third-order valence-corrected chi connectivity index (χ3v) is 3.82. The molecule has 2 aromatic rings. The van der Waals surface area contributed by atoms with Gasteiger partial charge in [0.2, 0.25) is 0 Å². The monoisotopic (exact) mass is 360 g/mol. The molecule has 1 saturated heterocycles. The molecule has 3 heterocycles. The second-order valence-corrected chi connectivity index (χ2v) is 5.97. The molecule has 0 bridgehead atoms. The lowest BCUT2D eigenvalue weighted by atomic mass is 9.99. The molecule has 21 heavy (non-hydrogen) atoms. The van der Waals surface area contributed by atoms with Crippen molar-refractivity contribution in [2.75, 3.05) is 18.0 Å². The molecule has 3 rings (SSSR count). The molecule has 1 aliphatic heterocycles. The summed E-state index contributed by atoms with van der Waals surface area (Å²) in [6.07, 6.45) is 0.533. The van der Waals surface area contributed by atoms with E-state index in [1.807, 2.05) is 15.8 Å². The smallest absolute Gasteiger partial charge is 0.369 e. The van der Waals surface area contributed by atoms with Crippen molar-refractivity contribution in [3.63, 3.8) is 0 Å². The molecule has 0 N–H and O–H groups in total. The predicted octanol–water partition coefficient (Wildman–Crippen LogP) is 3.20. The number of nitrogens with zero attached hydrogens (tertiary/aromatic N) is 4. The van der Waals surface area contributed by atoms with E-state index in [1.54, 1.807) is 6.20 Å². The second kappa shape index (κ2) is 5.32. The van der Waals surface area contributed by atoms with E-state index < -0.39 is 11.9 Å². The number of hydrogen-bond donors (Lipinski definition) is 0. The van der Waals surface area contributed by atoms with Crippen LogP contribution in [0.3, 0.4) is 0 Å². The van der Waals surface area contributed by atoms with Gasteiger partial charge < -0.3 is 4.90 Å². The molecule has 1 fully saturated rings. The number of aromatic nitrogens is 3. The van der Waals surface area contributed by atoms with E-state index in [-0.39, 0.29) is 0 Å². The van der Waals surface area contributed by atoms with Gasteiger partial charge in [-0.15, -0.1) is 0 Å². The average Bonchev–Trinajstić information content (AvgIpc) is 2.78. The van der Waals surface area contributed by atoms with Crippen LogP contribution in [0.5, 0.6) is 0 Å². The summed E-state index contributed by atoms with van der Waals surface area (Å²) in [7, 11) is 0. The van der Waals surface area contributed by atoms with Crippen LogP contribution >= 0.6 is 15.9 Å². The highest BCUT2D eigenvalue weighted by molar-refractivity contribution is 9.10. The number of halogens is 4.